The van der Waals surface area contributed by atoms with Crippen LogP contribution in [0, 0.1) is 27.7 Å². The molecule has 2 fully saturated rings. The minimum atomic E-state index is 0.731. The summed E-state index contributed by atoms with van der Waals surface area (Å²) in [7, 11) is 0. The number of piperidine rings is 1. The highest BCUT2D eigenvalue weighted by Gasteiger charge is 2.18. The van der Waals surface area contributed by atoms with Gasteiger partial charge < -0.3 is 9.64 Å². The first kappa shape index (κ1) is 74.4. The van der Waals surface area contributed by atoms with Gasteiger partial charge in [-0.25, -0.2) is 0 Å². The van der Waals surface area contributed by atoms with Crippen LogP contribution in [0.3, 0.4) is 0 Å². The van der Waals surface area contributed by atoms with E-state index in [-0.39, 0.29) is 0 Å². The molecule has 0 unspecified atom stereocenters. The molecule has 0 spiro atoms. The van der Waals surface area contributed by atoms with Crippen LogP contribution in [-0.4, -0.2) is 151 Å². The minimum Gasteiger partial charge on any atom is -0.379 e. The zero-order valence-corrected chi connectivity index (χ0v) is 60.6. The predicted octanol–water partition coefficient (Wildman–Crippen LogP) is 14.5. The molecule has 0 amide bonds. The maximum Gasteiger partial charge on any atom is 0.0594 e. The van der Waals surface area contributed by atoms with Gasteiger partial charge in [0.1, 0.15) is 0 Å². The number of hydrogen-bond acceptors (Lipinski definition) is 17. The van der Waals surface area contributed by atoms with Crippen molar-refractivity contribution in [3.8, 4) is 0 Å². The first-order chi connectivity index (χ1) is 50.6. The smallest absolute Gasteiger partial charge is 0.0594 e. The van der Waals surface area contributed by atoms with Gasteiger partial charge in [0.05, 0.1) is 64.5 Å². The van der Waals surface area contributed by atoms with Gasteiger partial charge in [-0.05, 0) is 174 Å². The highest BCUT2D eigenvalue weighted by Crippen LogP contribution is 2.21. The minimum absolute atomic E-state index is 0.731. The number of benzene rings is 2. The highest BCUT2D eigenvalue weighted by atomic mass is 16.5. The van der Waals surface area contributed by atoms with Crippen molar-refractivity contribution in [1.82, 2.24) is 79.2 Å². The fourth-order valence-corrected chi connectivity index (χ4v) is 12.9. The number of pyridine rings is 10. The number of ether oxygens (including phenoxy) is 1. The topological polar surface area (TPSA) is 158 Å². The van der Waals surface area contributed by atoms with Gasteiger partial charge in [0.15, 0.2) is 0 Å². The number of aromatic nitrogens is 10. The molecule has 0 bridgehead atoms. The standard InChI is InChI=1S/C27H24N4.C20H28N4.C20H22N4.C19H26N4O/c1-20-7-6-12-25(30-20)17-31(18-26-13-21-8-2-4-10-23(21)15-28-26)19-27-14-22-9-3-5-11-24(22)16-29-27;1-18-8-7-10-20(22-18)17-24(16-19-9-3-4-11-21-19)15-14-23-12-5-2-6-13-23;1-17-7-6-10-20(23-17)16-24(15-19-9-3-5-13-22-19)14-11-18-8-2-4-12-21-18;1-17-5-4-7-19(21-17)16-23(15-18-6-2-3-8-20-18)10-9-22-11-13-24-14-12-22/h2-16H,17-19H2,1H3;3-4,7-11H,2,5-6,12-17H2,1H3;2-10,12-13H,11,14-16H2,1H3;2-8H,9-16H2,1H3. The third kappa shape index (κ3) is 26.2. The van der Waals surface area contributed by atoms with Crippen molar-refractivity contribution in [3.63, 3.8) is 0 Å². The SMILES string of the molecule is Cc1cccc(CN(CCN2CCCCC2)Cc2ccccn2)n1.Cc1cccc(CN(CCN2CCOCC2)Cc2ccccn2)n1.Cc1cccc(CN(CCc2ccccn2)Cc2ccccn2)n1.Cc1cccc(CN(Cc2cc3ccccc3cn2)Cc2cc3ccccc3cn2)n1. The lowest BCUT2D eigenvalue weighted by molar-refractivity contribution is 0.0323. The van der Waals surface area contributed by atoms with E-state index in [2.05, 4.69) is 205 Å². The molecule has 14 rings (SSSR count). The third-order valence-electron chi connectivity index (χ3n) is 18.2. The van der Waals surface area contributed by atoms with E-state index in [1.807, 2.05) is 131 Å². The molecule has 2 saturated heterocycles. The summed E-state index contributed by atoms with van der Waals surface area (Å²) < 4.78 is 5.44. The van der Waals surface area contributed by atoms with Crippen molar-refractivity contribution in [2.75, 3.05) is 72.1 Å². The molecule has 0 atom stereocenters. The summed E-state index contributed by atoms with van der Waals surface area (Å²) in [6, 6.07) is 70.3. The largest absolute Gasteiger partial charge is 0.379 e. The summed E-state index contributed by atoms with van der Waals surface area (Å²) in [6.07, 6.45) is 16.4. The summed E-state index contributed by atoms with van der Waals surface area (Å²) in [4.78, 5) is 60.7. The summed E-state index contributed by atoms with van der Waals surface area (Å²) in [5, 5.41) is 4.75. The van der Waals surface area contributed by atoms with E-state index in [9.17, 15) is 0 Å². The Balaban J connectivity index is 0.000000139. The molecule has 17 heteroatoms. The second-order valence-electron chi connectivity index (χ2n) is 26.8. The predicted molar refractivity (Wildman–Crippen MR) is 413 cm³/mol. The second kappa shape index (κ2) is 40.7. The molecule has 17 nitrogen and oxygen atoms in total. The Morgan fingerprint density at radius 1 is 0.291 bits per heavy atom. The van der Waals surface area contributed by atoms with E-state index in [4.69, 9.17) is 19.7 Å². The second-order valence-corrected chi connectivity index (χ2v) is 26.8. The van der Waals surface area contributed by atoms with Crippen LogP contribution in [-0.2, 0) is 70.1 Å². The number of morpholine rings is 1. The zero-order chi connectivity index (χ0) is 70.9. The lowest BCUT2D eigenvalue weighted by Crippen LogP contribution is -2.41. The van der Waals surface area contributed by atoms with E-state index in [0.717, 1.165) is 215 Å². The summed E-state index contributed by atoms with van der Waals surface area (Å²) in [5.41, 5.74) is 15.2. The Morgan fingerprint density at radius 2 is 0.612 bits per heavy atom. The number of hydrogen-bond donors (Lipinski definition) is 0. The van der Waals surface area contributed by atoms with Crippen LogP contribution in [0.25, 0.3) is 21.5 Å². The van der Waals surface area contributed by atoms with Crippen molar-refractivity contribution in [3.05, 3.63) is 323 Å². The summed E-state index contributed by atoms with van der Waals surface area (Å²) in [6.45, 7) is 26.9. The van der Waals surface area contributed by atoms with Crippen LogP contribution < -0.4 is 0 Å². The number of rotatable bonds is 27. The van der Waals surface area contributed by atoms with Crippen LogP contribution in [0.15, 0.2) is 243 Å². The Labute approximate surface area is 609 Å². The van der Waals surface area contributed by atoms with Gasteiger partial charge in [-0.3, -0.25) is 74.3 Å². The molecule has 0 aliphatic carbocycles. The van der Waals surface area contributed by atoms with Crippen molar-refractivity contribution in [2.45, 2.75) is 112 Å². The van der Waals surface area contributed by atoms with Gasteiger partial charge in [0.2, 0.25) is 0 Å². The van der Waals surface area contributed by atoms with Gasteiger partial charge in [-0.2, -0.15) is 0 Å². The lowest BCUT2D eigenvalue weighted by atomic mass is 10.1. The van der Waals surface area contributed by atoms with E-state index < -0.39 is 0 Å². The molecule has 0 N–H and O–H groups in total. The zero-order valence-electron chi connectivity index (χ0n) is 60.6. The van der Waals surface area contributed by atoms with Crippen molar-refractivity contribution >= 4 is 21.5 Å². The number of aryl methyl sites for hydroxylation is 4. The fraction of sp³-hybridized carbons (Fsp3) is 0.326. The molecule has 2 aromatic carbocycles. The molecule has 2 aliphatic rings. The normalized spacial score (nSPS) is 13.3. The Hall–Kier alpha value is -9.82. The van der Waals surface area contributed by atoms with Gasteiger partial charge in [0.25, 0.3) is 0 Å². The lowest BCUT2D eigenvalue weighted by Gasteiger charge is -2.30. The molecule has 103 heavy (non-hydrogen) atoms. The molecule has 0 radical (unpaired) electrons. The first-order valence-electron chi connectivity index (χ1n) is 36.5. The van der Waals surface area contributed by atoms with Gasteiger partial charge >= 0.3 is 0 Å². The Bertz CT molecular complexity index is 4220. The highest BCUT2D eigenvalue weighted by molar-refractivity contribution is 5.82. The Kier molecular flexibility index (Phi) is 29.4. The first-order valence-corrected chi connectivity index (χ1v) is 36.5. The van der Waals surface area contributed by atoms with Crippen LogP contribution >= 0.6 is 0 Å². The van der Waals surface area contributed by atoms with E-state index >= 15 is 0 Å². The van der Waals surface area contributed by atoms with Crippen molar-refractivity contribution < 1.29 is 4.74 Å². The van der Waals surface area contributed by atoms with E-state index in [1.165, 1.54) is 43.1 Å². The maximum atomic E-state index is 5.44. The molecule has 12 aromatic rings. The van der Waals surface area contributed by atoms with Crippen LogP contribution in [0.1, 0.15) is 99.0 Å². The average molecular weight is 1370 g/mol. The van der Waals surface area contributed by atoms with Gasteiger partial charge in [0, 0.05) is 188 Å². The molecular formula is C86H100N16O. The molecule has 530 valence electrons. The van der Waals surface area contributed by atoms with E-state index in [1.54, 1.807) is 0 Å². The van der Waals surface area contributed by atoms with Gasteiger partial charge in [-0.1, -0.05) is 103 Å². The quantitative estimate of drug-likeness (QED) is 0.0478. The molecule has 0 saturated carbocycles. The van der Waals surface area contributed by atoms with E-state index in [0.29, 0.717) is 0 Å². The number of likely N-dealkylation sites (tertiary alicyclic amines) is 1. The van der Waals surface area contributed by atoms with Crippen LogP contribution in [0.4, 0.5) is 0 Å². The fourth-order valence-electron chi connectivity index (χ4n) is 12.9. The monoisotopic (exact) mass is 1370 g/mol. The molecule has 12 heterocycles. The van der Waals surface area contributed by atoms with Crippen molar-refractivity contribution in [2.24, 2.45) is 0 Å². The van der Waals surface area contributed by atoms with Gasteiger partial charge in [-0.15, -0.1) is 0 Å². The summed E-state index contributed by atoms with van der Waals surface area (Å²) >= 11 is 0. The number of fused-ring (bicyclic) bond motifs is 2. The van der Waals surface area contributed by atoms with Crippen molar-refractivity contribution in [1.29, 1.82) is 0 Å². The number of nitrogens with zero attached hydrogens (tertiary/aromatic N) is 16. The molecular weight excluding hydrogens is 1270 g/mol. The molecule has 10 aromatic heterocycles. The van der Waals surface area contributed by atoms with Crippen LogP contribution in [0.5, 0.6) is 0 Å². The maximum absolute atomic E-state index is 5.44. The summed E-state index contributed by atoms with van der Waals surface area (Å²) in [5.74, 6) is 0. The van der Waals surface area contributed by atoms with Crippen LogP contribution in [0.2, 0.25) is 0 Å². The Morgan fingerprint density at radius 3 is 0.990 bits per heavy atom. The average Bonchev–Trinajstić information content (AvgIpc) is 0.846. The third-order valence-corrected chi connectivity index (χ3v) is 18.2. The molecule has 2 aliphatic heterocycles.